The van der Waals surface area contributed by atoms with E-state index in [4.69, 9.17) is 0 Å². The smallest absolute Gasteiger partial charge is 0.0583 e. The van der Waals surface area contributed by atoms with Gasteiger partial charge in [-0.15, -0.1) is 0 Å². The Morgan fingerprint density at radius 1 is 1.24 bits per heavy atom. The van der Waals surface area contributed by atoms with E-state index in [1.54, 1.807) is 0 Å². The molecule has 0 aromatic carbocycles. The summed E-state index contributed by atoms with van der Waals surface area (Å²) in [6.07, 6.45) is 12.5. The largest absolute Gasteiger partial charge is 0.393 e. The summed E-state index contributed by atoms with van der Waals surface area (Å²) in [5.74, 6) is 0.514. The van der Waals surface area contributed by atoms with Gasteiger partial charge in [0.25, 0.3) is 0 Å². The van der Waals surface area contributed by atoms with Gasteiger partial charge in [-0.1, -0.05) is 12.8 Å². The highest BCUT2D eigenvalue weighted by molar-refractivity contribution is 5.05. The van der Waals surface area contributed by atoms with Gasteiger partial charge in [0.15, 0.2) is 0 Å². The second kappa shape index (κ2) is 6.93. The van der Waals surface area contributed by atoms with Gasteiger partial charge < -0.3 is 5.11 Å². The Labute approximate surface area is 128 Å². The molecule has 3 atom stereocenters. The standard InChI is InChI=1S/C17H29N3O/c1-2-20-13-14(12-18-20)9-11-19-10-5-7-16(19)15-6-3-4-8-17(15)21/h12-13,15-17,21H,2-11H2,1H3/t15-,16+,17+/m0/s1. The maximum Gasteiger partial charge on any atom is 0.0583 e. The number of aromatic nitrogens is 2. The quantitative estimate of drug-likeness (QED) is 0.906. The number of nitrogens with zero attached hydrogens (tertiary/aromatic N) is 3. The molecule has 1 saturated carbocycles. The van der Waals surface area contributed by atoms with Crippen LogP contribution in [0.1, 0.15) is 51.0 Å². The highest BCUT2D eigenvalue weighted by Crippen LogP contribution is 2.34. The Hall–Kier alpha value is -0.870. The van der Waals surface area contributed by atoms with Crippen molar-refractivity contribution in [2.24, 2.45) is 5.92 Å². The first-order chi connectivity index (χ1) is 10.3. The lowest BCUT2D eigenvalue weighted by molar-refractivity contribution is 0.0225. The first kappa shape index (κ1) is 15.0. The zero-order chi connectivity index (χ0) is 14.7. The molecule has 1 aliphatic carbocycles. The molecule has 1 aromatic heterocycles. The monoisotopic (exact) mass is 291 g/mol. The third-order valence-electron chi connectivity index (χ3n) is 5.39. The molecule has 3 rings (SSSR count). The fourth-order valence-electron chi connectivity index (χ4n) is 4.18. The van der Waals surface area contributed by atoms with Crippen molar-refractivity contribution in [2.75, 3.05) is 13.1 Å². The lowest BCUT2D eigenvalue weighted by atomic mass is 9.80. The molecule has 0 radical (unpaired) electrons. The molecule has 2 heterocycles. The third-order valence-corrected chi connectivity index (χ3v) is 5.39. The van der Waals surface area contributed by atoms with Crippen LogP contribution in [0.25, 0.3) is 0 Å². The fourth-order valence-corrected chi connectivity index (χ4v) is 4.18. The fraction of sp³-hybridized carbons (Fsp3) is 0.824. The van der Waals surface area contributed by atoms with Gasteiger partial charge >= 0.3 is 0 Å². The highest BCUT2D eigenvalue weighted by Gasteiger charge is 2.36. The van der Waals surface area contributed by atoms with Crippen molar-refractivity contribution in [3.05, 3.63) is 18.0 Å². The van der Waals surface area contributed by atoms with Gasteiger partial charge in [-0.05, 0) is 51.1 Å². The second-order valence-electron chi connectivity index (χ2n) is 6.72. The molecule has 0 spiro atoms. The van der Waals surface area contributed by atoms with Crippen molar-refractivity contribution in [1.82, 2.24) is 14.7 Å². The number of hydrogen-bond acceptors (Lipinski definition) is 3. The molecule has 0 bridgehead atoms. The zero-order valence-electron chi connectivity index (χ0n) is 13.2. The van der Waals surface area contributed by atoms with Crippen LogP contribution in [0.3, 0.4) is 0 Å². The van der Waals surface area contributed by atoms with Gasteiger partial charge in [-0.2, -0.15) is 5.10 Å². The molecule has 0 unspecified atom stereocenters. The van der Waals surface area contributed by atoms with E-state index in [9.17, 15) is 5.11 Å². The maximum atomic E-state index is 10.3. The van der Waals surface area contributed by atoms with Crippen molar-refractivity contribution >= 4 is 0 Å². The van der Waals surface area contributed by atoms with E-state index in [0.29, 0.717) is 12.0 Å². The number of rotatable bonds is 5. The summed E-state index contributed by atoms with van der Waals surface area (Å²) in [6, 6.07) is 0.613. The van der Waals surface area contributed by atoms with E-state index in [1.165, 1.54) is 44.2 Å². The number of hydrogen-bond donors (Lipinski definition) is 1. The molecule has 2 aliphatic rings. The van der Waals surface area contributed by atoms with Gasteiger partial charge in [0.1, 0.15) is 0 Å². The third kappa shape index (κ3) is 3.49. The van der Waals surface area contributed by atoms with E-state index in [1.807, 2.05) is 10.9 Å². The molecule has 4 heteroatoms. The summed E-state index contributed by atoms with van der Waals surface area (Å²) in [4.78, 5) is 2.63. The van der Waals surface area contributed by atoms with Gasteiger partial charge in [0.05, 0.1) is 12.3 Å². The summed E-state index contributed by atoms with van der Waals surface area (Å²) in [7, 11) is 0. The van der Waals surface area contributed by atoms with Crippen molar-refractivity contribution in [3.8, 4) is 0 Å². The SMILES string of the molecule is CCn1cc(CCN2CCC[C@@H]2[C@@H]2CCCC[C@H]2O)cn1. The Morgan fingerprint density at radius 3 is 2.86 bits per heavy atom. The number of likely N-dealkylation sites (tertiary alicyclic amines) is 1. The van der Waals surface area contributed by atoms with Crippen molar-refractivity contribution in [3.63, 3.8) is 0 Å². The van der Waals surface area contributed by atoms with Crippen LogP contribution in [0, 0.1) is 5.92 Å². The van der Waals surface area contributed by atoms with Crippen molar-refractivity contribution in [1.29, 1.82) is 0 Å². The van der Waals surface area contributed by atoms with Crippen LogP contribution in [0.15, 0.2) is 12.4 Å². The molecule has 1 aromatic rings. The summed E-state index contributed by atoms with van der Waals surface area (Å²) in [5, 5.41) is 14.7. The Balaban J connectivity index is 1.56. The van der Waals surface area contributed by atoms with Crippen LogP contribution >= 0.6 is 0 Å². The predicted molar refractivity (Wildman–Crippen MR) is 84.2 cm³/mol. The summed E-state index contributed by atoms with van der Waals surface area (Å²) in [6.45, 7) is 5.39. The topological polar surface area (TPSA) is 41.3 Å². The maximum absolute atomic E-state index is 10.3. The molecule has 1 N–H and O–H groups in total. The van der Waals surface area contributed by atoms with Crippen LogP contribution in [0.2, 0.25) is 0 Å². The average Bonchev–Trinajstić information content (AvgIpc) is 3.14. The van der Waals surface area contributed by atoms with E-state index in [0.717, 1.165) is 25.9 Å². The van der Waals surface area contributed by atoms with Crippen LogP contribution in [-0.2, 0) is 13.0 Å². The molecular weight excluding hydrogens is 262 g/mol. The lowest BCUT2D eigenvalue weighted by Gasteiger charge is -2.37. The Morgan fingerprint density at radius 2 is 2.10 bits per heavy atom. The van der Waals surface area contributed by atoms with Crippen LogP contribution in [-0.4, -0.2) is 45.0 Å². The van der Waals surface area contributed by atoms with Gasteiger partial charge in [-0.3, -0.25) is 9.58 Å². The second-order valence-corrected chi connectivity index (χ2v) is 6.72. The Bertz CT molecular complexity index is 445. The molecule has 0 amide bonds. The summed E-state index contributed by atoms with van der Waals surface area (Å²) >= 11 is 0. The average molecular weight is 291 g/mol. The first-order valence-electron chi connectivity index (χ1n) is 8.71. The predicted octanol–water partition coefficient (Wildman–Crippen LogP) is 2.46. The molecule has 1 saturated heterocycles. The molecular formula is C17H29N3O. The normalized spacial score (nSPS) is 30.9. The lowest BCUT2D eigenvalue weighted by Crippen LogP contribution is -2.43. The van der Waals surface area contributed by atoms with Gasteiger partial charge in [0.2, 0.25) is 0 Å². The van der Waals surface area contributed by atoms with Crippen LogP contribution in [0.5, 0.6) is 0 Å². The number of aliphatic hydroxyl groups is 1. The van der Waals surface area contributed by atoms with E-state index >= 15 is 0 Å². The van der Waals surface area contributed by atoms with E-state index in [2.05, 4.69) is 23.1 Å². The van der Waals surface area contributed by atoms with Gasteiger partial charge in [0, 0.05) is 31.2 Å². The summed E-state index contributed by atoms with van der Waals surface area (Å²) < 4.78 is 2.00. The summed E-state index contributed by atoms with van der Waals surface area (Å²) in [5.41, 5.74) is 1.34. The molecule has 2 fully saturated rings. The molecule has 4 nitrogen and oxygen atoms in total. The van der Waals surface area contributed by atoms with E-state index in [-0.39, 0.29) is 6.10 Å². The van der Waals surface area contributed by atoms with Crippen molar-refractivity contribution < 1.29 is 5.11 Å². The molecule has 1 aliphatic heterocycles. The van der Waals surface area contributed by atoms with Crippen LogP contribution < -0.4 is 0 Å². The highest BCUT2D eigenvalue weighted by atomic mass is 16.3. The minimum Gasteiger partial charge on any atom is -0.393 e. The van der Waals surface area contributed by atoms with E-state index < -0.39 is 0 Å². The van der Waals surface area contributed by atoms with Gasteiger partial charge in [-0.25, -0.2) is 0 Å². The molecule has 118 valence electrons. The number of aryl methyl sites for hydroxylation is 1. The Kier molecular flexibility index (Phi) is 4.96. The minimum absolute atomic E-state index is 0.0628. The minimum atomic E-state index is -0.0628. The van der Waals surface area contributed by atoms with Crippen LogP contribution in [0.4, 0.5) is 0 Å². The zero-order valence-corrected chi connectivity index (χ0v) is 13.2. The van der Waals surface area contributed by atoms with Crippen molar-refractivity contribution in [2.45, 2.75) is 70.6 Å². The number of aliphatic hydroxyl groups excluding tert-OH is 1. The molecule has 21 heavy (non-hydrogen) atoms. The first-order valence-corrected chi connectivity index (χ1v) is 8.71.